The normalized spacial score (nSPS) is 12.3. The molecule has 0 bridgehead atoms. The zero-order valence-electron chi connectivity index (χ0n) is 10.4. The summed E-state index contributed by atoms with van der Waals surface area (Å²) in [6, 6.07) is 3.91. The molecule has 0 heterocycles. The van der Waals surface area contributed by atoms with Crippen LogP contribution in [0.25, 0.3) is 0 Å². The molecule has 0 saturated heterocycles. The highest BCUT2D eigenvalue weighted by molar-refractivity contribution is 5.48. The third-order valence-electron chi connectivity index (χ3n) is 2.93. The molecular formula is C13H20O3. The third kappa shape index (κ3) is 2.47. The fourth-order valence-corrected chi connectivity index (χ4v) is 1.88. The van der Waals surface area contributed by atoms with Crippen molar-refractivity contribution in [3.05, 3.63) is 23.3 Å². The lowest BCUT2D eigenvalue weighted by atomic mass is 9.93. The fraction of sp³-hybridized carbons (Fsp3) is 0.538. The Labute approximate surface area is 97.0 Å². The molecule has 3 heteroatoms. The summed E-state index contributed by atoms with van der Waals surface area (Å²) in [4.78, 5) is 0. The molecular weight excluding hydrogens is 204 g/mol. The van der Waals surface area contributed by atoms with Gasteiger partial charge >= 0.3 is 0 Å². The number of ether oxygens (including phenoxy) is 2. The first-order chi connectivity index (χ1) is 7.67. The summed E-state index contributed by atoms with van der Waals surface area (Å²) in [5, 5.41) is 9.32. The monoisotopic (exact) mass is 224 g/mol. The molecule has 0 fully saturated rings. The summed E-state index contributed by atoms with van der Waals surface area (Å²) in [6.07, 6.45) is 0.910. The molecule has 0 amide bonds. The summed E-state index contributed by atoms with van der Waals surface area (Å²) in [7, 11) is 3.25. The van der Waals surface area contributed by atoms with Gasteiger partial charge in [-0.15, -0.1) is 0 Å². The van der Waals surface area contributed by atoms with Gasteiger partial charge in [0.25, 0.3) is 0 Å². The molecule has 0 aliphatic heterocycles. The van der Waals surface area contributed by atoms with E-state index < -0.39 is 0 Å². The Hall–Kier alpha value is -1.22. The molecule has 0 aliphatic carbocycles. The summed E-state index contributed by atoms with van der Waals surface area (Å²) in [5.74, 6) is 1.62. The van der Waals surface area contributed by atoms with Crippen molar-refractivity contribution in [1.29, 1.82) is 0 Å². The Morgan fingerprint density at radius 2 is 1.75 bits per heavy atom. The van der Waals surface area contributed by atoms with Gasteiger partial charge in [-0.2, -0.15) is 0 Å². The van der Waals surface area contributed by atoms with E-state index in [-0.39, 0.29) is 12.5 Å². The van der Waals surface area contributed by atoms with Crippen molar-refractivity contribution >= 4 is 0 Å². The molecule has 0 aromatic heterocycles. The summed E-state index contributed by atoms with van der Waals surface area (Å²) in [6.45, 7) is 4.25. The molecule has 1 N–H and O–H groups in total. The van der Waals surface area contributed by atoms with E-state index in [1.165, 1.54) is 0 Å². The van der Waals surface area contributed by atoms with Crippen LogP contribution in [0.2, 0.25) is 0 Å². The second-order valence-corrected chi connectivity index (χ2v) is 3.85. The van der Waals surface area contributed by atoms with Gasteiger partial charge in [0.2, 0.25) is 0 Å². The molecule has 3 nitrogen and oxygen atoms in total. The second-order valence-electron chi connectivity index (χ2n) is 3.85. The topological polar surface area (TPSA) is 38.7 Å². The first kappa shape index (κ1) is 12.8. The lowest BCUT2D eigenvalue weighted by molar-refractivity contribution is 0.261. The second kappa shape index (κ2) is 5.75. The zero-order chi connectivity index (χ0) is 12.1. The van der Waals surface area contributed by atoms with Gasteiger partial charge in [-0.25, -0.2) is 0 Å². The first-order valence-corrected chi connectivity index (χ1v) is 5.51. The molecule has 1 unspecified atom stereocenters. The van der Waals surface area contributed by atoms with E-state index in [0.717, 1.165) is 29.0 Å². The zero-order valence-corrected chi connectivity index (χ0v) is 10.4. The minimum Gasteiger partial charge on any atom is -0.493 e. The highest BCUT2D eigenvalue weighted by atomic mass is 16.5. The van der Waals surface area contributed by atoms with Crippen LogP contribution in [-0.2, 0) is 0 Å². The van der Waals surface area contributed by atoms with Gasteiger partial charge in [0.05, 0.1) is 14.2 Å². The van der Waals surface area contributed by atoms with Gasteiger partial charge in [0.1, 0.15) is 0 Å². The fourth-order valence-electron chi connectivity index (χ4n) is 1.88. The molecule has 1 atom stereocenters. The number of hydrogen-bond donors (Lipinski definition) is 1. The van der Waals surface area contributed by atoms with Crippen LogP contribution in [0, 0.1) is 6.92 Å². The van der Waals surface area contributed by atoms with Crippen LogP contribution < -0.4 is 9.47 Å². The van der Waals surface area contributed by atoms with E-state index in [1.54, 1.807) is 14.2 Å². The summed E-state index contributed by atoms with van der Waals surface area (Å²) in [5.41, 5.74) is 2.25. The minimum atomic E-state index is 0.160. The average molecular weight is 224 g/mol. The number of aliphatic hydroxyl groups is 1. The Balaban J connectivity index is 3.19. The average Bonchev–Trinajstić information content (AvgIpc) is 2.32. The Bertz CT molecular complexity index is 343. The van der Waals surface area contributed by atoms with Crippen LogP contribution in [0.3, 0.4) is 0 Å². The maximum Gasteiger partial charge on any atom is 0.161 e. The van der Waals surface area contributed by atoms with Crippen molar-refractivity contribution in [2.75, 3.05) is 20.8 Å². The van der Waals surface area contributed by atoms with Crippen LogP contribution in [-0.4, -0.2) is 25.9 Å². The lowest BCUT2D eigenvalue weighted by Gasteiger charge is -2.18. The smallest absolute Gasteiger partial charge is 0.161 e. The molecule has 0 radical (unpaired) electrons. The van der Waals surface area contributed by atoms with E-state index in [4.69, 9.17) is 9.47 Å². The Kier molecular flexibility index (Phi) is 4.62. The summed E-state index contributed by atoms with van der Waals surface area (Å²) >= 11 is 0. The van der Waals surface area contributed by atoms with Crippen LogP contribution >= 0.6 is 0 Å². The van der Waals surface area contributed by atoms with Crippen molar-refractivity contribution in [2.45, 2.75) is 26.2 Å². The van der Waals surface area contributed by atoms with Crippen LogP contribution in [0.15, 0.2) is 12.1 Å². The predicted molar refractivity (Wildman–Crippen MR) is 64.4 cm³/mol. The van der Waals surface area contributed by atoms with Crippen LogP contribution in [0.5, 0.6) is 11.5 Å². The highest BCUT2D eigenvalue weighted by Crippen LogP contribution is 2.34. The van der Waals surface area contributed by atoms with Crippen molar-refractivity contribution < 1.29 is 14.6 Å². The quantitative estimate of drug-likeness (QED) is 0.835. The van der Waals surface area contributed by atoms with Crippen LogP contribution in [0.4, 0.5) is 0 Å². The largest absolute Gasteiger partial charge is 0.493 e. The van der Waals surface area contributed by atoms with E-state index in [2.05, 4.69) is 6.92 Å². The number of hydrogen-bond acceptors (Lipinski definition) is 3. The Morgan fingerprint density at radius 3 is 2.19 bits per heavy atom. The maximum atomic E-state index is 9.32. The van der Waals surface area contributed by atoms with Gasteiger partial charge in [0, 0.05) is 12.5 Å². The number of aliphatic hydroxyl groups excluding tert-OH is 1. The molecule has 0 saturated carbocycles. The van der Waals surface area contributed by atoms with Gasteiger partial charge in [0.15, 0.2) is 11.5 Å². The number of aryl methyl sites for hydroxylation is 1. The summed E-state index contributed by atoms with van der Waals surface area (Å²) < 4.78 is 10.5. The van der Waals surface area contributed by atoms with Gasteiger partial charge in [-0.1, -0.05) is 6.92 Å². The van der Waals surface area contributed by atoms with Crippen LogP contribution in [0.1, 0.15) is 30.4 Å². The third-order valence-corrected chi connectivity index (χ3v) is 2.93. The van der Waals surface area contributed by atoms with E-state index in [1.807, 2.05) is 19.1 Å². The number of methoxy groups -OCH3 is 2. The van der Waals surface area contributed by atoms with Crippen molar-refractivity contribution in [1.82, 2.24) is 0 Å². The maximum absolute atomic E-state index is 9.32. The van der Waals surface area contributed by atoms with Gasteiger partial charge in [-0.3, -0.25) is 0 Å². The molecule has 0 spiro atoms. The van der Waals surface area contributed by atoms with Crippen molar-refractivity contribution in [3.63, 3.8) is 0 Å². The SMILES string of the molecule is CCC(CO)c1cc(OC)c(OC)cc1C. The molecule has 16 heavy (non-hydrogen) atoms. The number of rotatable bonds is 5. The standard InChI is InChI=1S/C13H20O3/c1-5-10(8-14)11-7-13(16-4)12(15-3)6-9(11)2/h6-7,10,14H,5,8H2,1-4H3. The van der Waals surface area contributed by atoms with Gasteiger partial charge in [-0.05, 0) is 36.6 Å². The highest BCUT2D eigenvalue weighted by Gasteiger charge is 2.15. The Morgan fingerprint density at radius 1 is 1.19 bits per heavy atom. The molecule has 1 rings (SSSR count). The van der Waals surface area contributed by atoms with Crippen molar-refractivity contribution in [2.24, 2.45) is 0 Å². The lowest BCUT2D eigenvalue weighted by Crippen LogP contribution is -2.05. The molecule has 1 aromatic rings. The van der Waals surface area contributed by atoms with Gasteiger partial charge < -0.3 is 14.6 Å². The van der Waals surface area contributed by atoms with E-state index in [9.17, 15) is 5.11 Å². The van der Waals surface area contributed by atoms with Crippen molar-refractivity contribution in [3.8, 4) is 11.5 Å². The molecule has 90 valence electrons. The molecule has 0 aliphatic rings. The van der Waals surface area contributed by atoms with E-state index in [0.29, 0.717) is 0 Å². The first-order valence-electron chi connectivity index (χ1n) is 5.51. The van der Waals surface area contributed by atoms with E-state index >= 15 is 0 Å². The minimum absolute atomic E-state index is 0.160. The number of benzene rings is 1. The molecule has 1 aromatic carbocycles. The predicted octanol–water partition coefficient (Wildman–Crippen LogP) is 2.50.